The van der Waals surface area contributed by atoms with Crippen molar-refractivity contribution in [2.75, 3.05) is 13.7 Å². The molecule has 1 aromatic rings. The highest BCUT2D eigenvalue weighted by Crippen LogP contribution is 2.69. The molecule has 4 bridgehead atoms. The summed E-state index contributed by atoms with van der Waals surface area (Å²) < 4.78 is 18.6. The summed E-state index contributed by atoms with van der Waals surface area (Å²) in [5.74, 6) is -3.71. The van der Waals surface area contributed by atoms with Crippen LogP contribution in [0.3, 0.4) is 0 Å². The second kappa shape index (κ2) is 10.7. The van der Waals surface area contributed by atoms with Gasteiger partial charge in [0, 0.05) is 31.9 Å². The first kappa shape index (κ1) is 29.8. The highest BCUT2D eigenvalue weighted by atomic mass is 17.3. The van der Waals surface area contributed by atoms with E-state index in [9.17, 15) is 24.9 Å². The number of hydrogen-bond donors (Lipinski definition) is 4. The van der Waals surface area contributed by atoms with E-state index in [0.29, 0.717) is 29.2 Å². The molecule has 2 heterocycles. The van der Waals surface area contributed by atoms with Crippen molar-refractivity contribution >= 4 is 11.9 Å². The van der Waals surface area contributed by atoms with E-state index >= 15 is 0 Å². The lowest BCUT2D eigenvalue weighted by Gasteiger charge is -2.68. The molecule has 232 valence electrons. The van der Waals surface area contributed by atoms with Gasteiger partial charge in [-0.2, -0.15) is 4.89 Å². The van der Waals surface area contributed by atoms with Gasteiger partial charge in [-0.25, -0.2) is 9.68 Å². The summed E-state index contributed by atoms with van der Waals surface area (Å²) in [4.78, 5) is 36.8. The van der Waals surface area contributed by atoms with Gasteiger partial charge < -0.3 is 34.8 Å². The molecule has 6 fully saturated rings. The monoisotopic (exact) mass is 589 g/mol. The Morgan fingerprint density at radius 2 is 1.79 bits per heavy atom. The second-order valence-corrected chi connectivity index (χ2v) is 13.4. The third-order valence-electron chi connectivity index (χ3n) is 10.8. The van der Waals surface area contributed by atoms with Crippen molar-refractivity contribution in [3.05, 3.63) is 29.8 Å². The first-order chi connectivity index (χ1) is 20.0. The predicted molar refractivity (Wildman–Crippen MR) is 147 cm³/mol. The highest BCUT2D eigenvalue weighted by Gasteiger charge is 2.76. The molecule has 11 nitrogen and oxygen atoms in total. The summed E-state index contributed by atoms with van der Waals surface area (Å²) in [6, 6.07) is 6.46. The number of nitrogens with one attached hydrogen (secondary N) is 1. The number of methoxy groups -OCH3 is 1. The van der Waals surface area contributed by atoms with Crippen LogP contribution in [0.4, 0.5) is 0 Å². The molecule has 1 spiro atoms. The summed E-state index contributed by atoms with van der Waals surface area (Å²) in [5.41, 5.74) is 0.0723. The van der Waals surface area contributed by atoms with Crippen LogP contribution in [0.1, 0.15) is 64.9 Å². The number of hydrogen-bond acceptors (Lipinski definition) is 9. The molecule has 6 aliphatic rings. The van der Waals surface area contributed by atoms with Crippen molar-refractivity contribution in [2.45, 2.75) is 94.7 Å². The van der Waals surface area contributed by atoms with Gasteiger partial charge in [0.25, 0.3) is 5.79 Å². The van der Waals surface area contributed by atoms with Crippen LogP contribution in [0.2, 0.25) is 0 Å². The molecule has 0 aromatic heterocycles. The summed E-state index contributed by atoms with van der Waals surface area (Å²) in [5, 5.41) is 33.4. The van der Waals surface area contributed by atoms with Crippen molar-refractivity contribution in [3.8, 4) is 5.75 Å². The van der Waals surface area contributed by atoms with Crippen molar-refractivity contribution in [3.63, 3.8) is 0 Å². The number of carbonyl (C=O) groups is 2. The van der Waals surface area contributed by atoms with Crippen molar-refractivity contribution in [1.82, 2.24) is 5.32 Å². The third-order valence-corrected chi connectivity index (χ3v) is 10.8. The van der Waals surface area contributed by atoms with Crippen molar-refractivity contribution in [1.29, 1.82) is 0 Å². The SMILES string of the molecule is COC1(c2cccc(OC3(C(=O)O)CC(C)C(NC(C)=O)C([C@H](C)[C@H](O)CO)O3)c2)OOC12C1CC3CC(C1)CC2C3. The molecule has 0 radical (unpaired) electrons. The minimum atomic E-state index is -2.11. The van der Waals surface area contributed by atoms with E-state index in [2.05, 4.69) is 5.32 Å². The van der Waals surface area contributed by atoms with Gasteiger partial charge in [-0.1, -0.05) is 26.0 Å². The fourth-order valence-corrected chi connectivity index (χ4v) is 9.05. The number of benzene rings is 1. The molecule has 4 saturated carbocycles. The van der Waals surface area contributed by atoms with Gasteiger partial charge in [0.15, 0.2) is 5.60 Å². The lowest BCUT2D eigenvalue weighted by Crippen LogP contribution is -2.76. The lowest BCUT2D eigenvalue weighted by atomic mass is 9.47. The molecule has 2 aliphatic heterocycles. The summed E-state index contributed by atoms with van der Waals surface area (Å²) in [6.45, 7) is 4.28. The van der Waals surface area contributed by atoms with Gasteiger partial charge in [-0.3, -0.25) is 4.79 Å². The predicted octanol–water partition coefficient (Wildman–Crippen LogP) is 2.72. The van der Waals surface area contributed by atoms with Crippen LogP contribution < -0.4 is 10.1 Å². The average molecular weight is 590 g/mol. The normalized spacial score (nSPS) is 43.4. The Morgan fingerprint density at radius 1 is 1.12 bits per heavy atom. The first-order valence-electron chi connectivity index (χ1n) is 15.2. The molecular formula is C31H43NO10. The molecule has 1 amide bonds. The molecule has 5 unspecified atom stereocenters. The number of carboxylic acids is 1. The molecule has 7 rings (SSSR count). The first-order valence-corrected chi connectivity index (χ1v) is 15.2. The Bertz CT molecular complexity index is 1180. The van der Waals surface area contributed by atoms with E-state index in [-0.39, 0.29) is 18.1 Å². The number of carbonyl (C=O) groups excluding carboxylic acids is 1. The quantitative estimate of drug-likeness (QED) is 0.316. The van der Waals surface area contributed by atoms with Crippen molar-refractivity contribution < 1.29 is 48.9 Å². The molecule has 7 atom stereocenters. The van der Waals surface area contributed by atoms with Crippen molar-refractivity contribution in [2.24, 2.45) is 35.5 Å². The number of aliphatic carboxylic acids is 1. The van der Waals surface area contributed by atoms with E-state index < -0.39 is 59.8 Å². The van der Waals surface area contributed by atoms with E-state index in [0.717, 1.165) is 25.7 Å². The molecule has 4 aliphatic carbocycles. The van der Waals surface area contributed by atoms with Gasteiger partial charge in [0.05, 0.1) is 24.9 Å². The van der Waals surface area contributed by atoms with Gasteiger partial charge in [0.1, 0.15) is 5.75 Å². The van der Waals surface area contributed by atoms with Crippen LogP contribution in [0, 0.1) is 35.5 Å². The number of aliphatic hydroxyl groups excluding tert-OH is 2. The van der Waals surface area contributed by atoms with Crippen LogP contribution in [-0.4, -0.2) is 70.6 Å². The Hall–Kier alpha value is -2.28. The van der Waals surface area contributed by atoms with Crippen LogP contribution in [-0.2, 0) is 34.6 Å². The van der Waals surface area contributed by atoms with Crippen LogP contribution in [0.15, 0.2) is 24.3 Å². The zero-order valence-corrected chi connectivity index (χ0v) is 24.7. The van der Waals surface area contributed by atoms with Gasteiger partial charge in [-0.05, 0) is 73.8 Å². The topological polar surface area (TPSA) is 153 Å². The molecule has 1 aromatic carbocycles. The Labute approximate surface area is 245 Å². The largest absolute Gasteiger partial charge is 0.476 e. The second-order valence-electron chi connectivity index (χ2n) is 13.4. The van der Waals surface area contributed by atoms with Crippen LogP contribution in [0.5, 0.6) is 5.75 Å². The Morgan fingerprint density at radius 3 is 2.31 bits per heavy atom. The summed E-state index contributed by atoms with van der Waals surface area (Å²) >= 11 is 0. The number of aliphatic hydroxyl groups is 2. The zero-order chi connectivity index (χ0) is 30.0. The smallest absolute Gasteiger partial charge is 0.377 e. The fraction of sp³-hybridized carbons (Fsp3) is 0.742. The van der Waals surface area contributed by atoms with E-state index in [1.54, 1.807) is 39.2 Å². The maximum absolute atomic E-state index is 12.9. The maximum Gasteiger partial charge on any atom is 0.377 e. The Balaban J connectivity index is 1.32. The molecule has 11 heteroatoms. The van der Waals surface area contributed by atoms with Crippen LogP contribution in [0.25, 0.3) is 0 Å². The lowest BCUT2D eigenvalue weighted by molar-refractivity contribution is -0.645. The minimum Gasteiger partial charge on any atom is -0.476 e. The zero-order valence-electron chi connectivity index (χ0n) is 24.7. The van der Waals surface area contributed by atoms with Gasteiger partial charge in [-0.15, -0.1) is 0 Å². The minimum absolute atomic E-state index is 0.0676. The average Bonchev–Trinajstić information content (AvgIpc) is 2.93. The standard InChI is InChI=1S/C31H43NO10/c1-16-14-29(28(36)37,40-27(17(2)25(35)15-33)26(16)32-18(3)34)39-24-7-5-6-21(13-24)31(38-4)30(41-42-31)22-9-19-8-20(11-22)12-23(30)10-19/h5-7,13,16-17,19-20,22-23,25-27,33,35H,8-12,14-15H2,1-4H3,(H,32,34)(H,36,37)/t16?,17-,19?,20?,22?,23?,25-,26?,27?,29?,30?,31?/m1/s1. The molecule has 4 N–H and O–H groups in total. The van der Waals surface area contributed by atoms with Gasteiger partial charge in [0.2, 0.25) is 5.91 Å². The summed E-state index contributed by atoms with van der Waals surface area (Å²) in [7, 11) is 1.62. The van der Waals surface area contributed by atoms with E-state index in [4.69, 9.17) is 24.0 Å². The molecular weight excluding hydrogens is 546 g/mol. The highest BCUT2D eigenvalue weighted by molar-refractivity contribution is 5.77. The fourth-order valence-electron chi connectivity index (χ4n) is 9.05. The number of amides is 1. The number of carboxylic acid groups (broad SMARTS) is 1. The number of ether oxygens (including phenoxy) is 3. The summed E-state index contributed by atoms with van der Waals surface area (Å²) in [6.07, 6.45) is 3.41. The van der Waals surface area contributed by atoms with Gasteiger partial charge >= 0.3 is 11.8 Å². The van der Waals surface area contributed by atoms with E-state index in [1.165, 1.54) is 13.3 Å². The number of rotatable bonds is 9. The van der Waals surface area contributed by atoms with Crippen LogP contribution >= 0.6 is 0 Å². The molecule has 2 saturated heterocycles. The maximum atomic E-state index is 12.9. The third kappa shape index (κ3) is 4.38. The Kier molecular flexibility index (Phi) is 7.59. The van der Waals surface area contributed by atoms with E-state index in [1.807, 2.05) is 6.07 Å². The molecule has 42 heavy (non-hydrogen) atoms.